The molecule has 1 fully saturated rings. The van der Waals surface area contributed by atoms with Crippen LogP contribution < -0.4 is 15.2 Å². The molecule has 2 aliphatic rings. The highest BCUT2D eigenvalue weighted by Gasteiger charge is 2.45. The average molecular weight is 209 g/mol. The highest BCUT2D eigenvalue weighted by Crippen LogP contribution is 2.50. The Morgan fingerprint density at radius 3 is 2.67 bits per heavy atom. The molecule has 0 bridgehead atoms. The van der Waals surface area contributed by atoms with Crippen molar-refractivity contribution in [1.82, 2.24) is 0 Å². The highest BCUT2D eigenvalue weighted by atomic mass is 19.1. The van der Waals surface area contributed by atoms with Crippen LogP contribution >= 0.6 is 0 Å². The summed E-state index contributed by atoms with van der Waals surface area (Å²) in [5, 5.41) is 0. The first kappa shape index (κ1) is 8.97. The maximum atomic E-state index is 13.7. The van der Waals surface area contributed by atoms with Gasteiger partial charge in [0.2, 0.25) is 0 Å². The summed E-state index contributed by atoms with van der Waals surface area (Å²) in [4.78, 5) is 0. The minimum Gasteiger partial charge on any atom is -0.486 e. The van der Waals surface area contributed by atoms with Gasteiger partial charge in [-0.05, 0) is 25.0 Å². The molecule has 80 valence electrons. The van der Waals surface area contributed by atoms with Crippen LogP contribution in [0.15, 0.2) is 12.1 Å². The van der Waals surface area contributed by atoms with Crippen molar-refractivity contribution in [3.63, 3.8) is 0 Å². The fourth-order valence-corrected chi connectivity index (χ4v) is 1.94. The van der Waals surface area contributed by atoms with Crippen molar-refractivity contribution in [2.24, 2.45) is 5.73 Å². The predicted molar refractivity (Wildman–Crippen MR) is 52.5 cm³/mol. The molecule has 0 radical (unpaired) electrons. The van der Waals surface area contributed by atoms with Gasteiger partial charge in [0.05, 0.1) is 5.56 Å². The van der Waals surface area contributed by atoms with Crippen LogP contribution in [-0.2, 0) is 5.54 Å². The largest absolute Gasteiger partial charge is 0.486 e. The summed E-state index contributed by atoms with van der Waals surface area (Å²) >= 11 is 0. The van der Waals surface area contributed by atoms with E-state index in [1.165, 1.54) is 6.07 Å². The van der Waals surface area contributed by atoms with Crippen LogP contribution in [0.3, 0.4) is 0 Å². The SMILES string of the molecule is NC1(c2c(F)ccc3c2OCCO3)CC1. The predicted octanol–water partition coefficient (Wildman–Crippen LogP) is 1.54. The van der Waals surface area contributed by atoms with Crippen molar-refractivity contribution in [2.75, 3.05) is 13.2 Å². The van der Waals surface area contributed by atoms with Gasteiger partial charge in [0.25, 0.3) is 0 Å². The summed E-state index contributed by atoms with van der Waals surface area (Å²) in [6.07, 6.45) is 1.62. The van der Waals surface area contributed by atoms with E-state index in [9.17, 15) is 4.39 Å². The average Bonchev–Trinajstić information content (AvgIpc) is 2.97. The van der Waals surface area contributed by atoms with Crippen molar-refractivity contribution >= 4 is 0 Å². The molecule has 2 N–H and O–H groups in total. The Hall–Kier alpha value is -1.29. The van der Waals surface area contributed by atoms with Crippen LogP contribution in [0.4, 0.5) is 4.39 Å². The van der Waals surface area contributed by atoms with Crippen LogP contribution in [0.5, 0.6) is 11.5 Å². The Morgan fingerprint density at radius 2 is 1.93 bits per heavy atom. The van der Waals surface area contributed by atoms with Gasteiger partial charge in [-0.1, -0.05) is 0 Å². The van der Waals surface area contributed by atoms with E-state index in [-0.39, 0.29) is 5.82 Å². The first-order chi connectivity index (χ1) is 7.21. The molecule has 0 unspecified atom stereocenters. The number of hydrogen-bond acceptors (Lipinski definition) is 3. The van der Waals surface area contributed by atoms with E-state index < -0.39 is 5.54 Å². The fourth-order valence-electron chi connectivity index (χ4n) is 1.94. The topological polar surface area (TPSA) is 44.5 Å². The lowest BCUT2D eigenvalue weighted by Crippen LogP contribution is -2.25. The minimum atomic E-state index is -0.532. The van der Waals surface area contributed by atoms with Crippen molar-refractivity contribution in [2.45, 2.75) is 18.4 Å². The number of fused-ring (bicyclic) bond motifs is 1. The molecule has 1 saturated carbocycles. The van der Waals surface area contributed by atoms with Gasteiger partial charge in [-0.25, -0.2) is 4.39 Å². The summed E-state index contributed by atoms with van der Waals surface area (Å²) in [5.41, 5.74) is 5.97. The molecule has 0 spiro atoms. The molecule has 0 saturated heterocycles. The molecule has 0 aromatic heterocycles. The second-order valence-electron chi connectivity index (χ2n) is 4.10. The van der Waals surface area contributed by atoms with Gasteiger partial charge in [-0.2, -0.15) is 0 Å². The molecular weight excluding hydrogens is 197 g/mol. The van der Waals surface area contributed by atoms with Gasteiger partial charge in [-0.3, -0.25) is 0 Å². The van der Waals surface area contributed by atoms with Crippen LogP contribution in [0.2, 0.25) is 0 Å². The first-order valence-corrected chi connectivity index (χ1v) is 5.08. The third-order valence-electron chi connectivity index (χ3n) is 2.94. The van der Waals surface area contributed by atoms with E-state index in [1.54, 1.807) is 6.07 Å². The Labute approximate surface area is 87.0 Å². The van der Waals surface area contributed by atoms with Gasteiger partial charge in [-0.15, -0.1) is 0 Å². The summed E-state index contributed by atoms with van der Waals surface area (Å²) in [5.74, 6) is 0.815. The van der Waals surface area contributed by atoms with E-state index >= 15 is 0 Å². The molecule has 3 nitrogen and oxygen atoms in total. The van der Waals surface area contributed by atoms with Crippen molar-refractivity contribution in [3.8, 4) is 11.5 Å². The summed E-state index contributed by atoms with van der Waals surface area (Å²) < 4.78 is 24.5. The number of rotatable bonds is 1. The van der Waals surface area contributed by atoms with Gasteiger partial charge in [0.15, 0.2) is 11.5 Å². The van der Waals surface area contributed by atoms with Crippen molar-refractivity contribution in [3.05, 3.63) is 23.5 Å². The lowest BCUT2D eigenvalue weighted by atomic mass is 10.0. The van der Waals surface area contributed by atoms with Gasteiger partial charge >= 0.3 is 0 Å². The third kappa shape index (κ3) is 1.28. The number of ether oxygens (including phenoxy) is 2. The smallest absolute Gasteiger partial charge is 0.169 e. The van der Waals surface area contributed by atoms with Gasteiger partial charge in [0, 0.05) is 5.54 Å². The van der Waals surface area contributed by atoms with E-state index in [1.807, 2.05) is 0 Å². The molecule has 1 aliphatic heterocycles. The molecule has 1 heterocycles. The third-order valence-corrected chi connectivity index (χ3v) is 2.94. The van der Waals surface area contributed by atoms with E-state index in [0.717, 1.165) is 12.8 Å². The standard InChI is InChI=1S/C11H12FNO2/c12-7-1-2-8-10(15-6-5-14-8)9(7)11(13)3-4-11/h1-2H,3-6,13H2. The zero-order chi connectivity index (χ0) is 10.5. The fraction of sp³-hybridized carbons (Fsp3) is 0.455. The molecule has 15 heavy (non-hydrogen) atoms. The quantitative estimate of drug-likeness (QED) is 0.763. The molecular formula is C11H12FNO2. The zero-order valence-electron chi connectivity index (χ0n) is 8.25. The second-order valence-corrected chi connectivity index (χ2v) is 4.10. The van der Waals surface area contributed by atoms with Crippen LogP contribution in [-0.4, -0.2) is 13.2 Å². The maximum Gasteiger partial charge on any atom is 0.169 e. The Balaban J connectivity index is 2.18. The molecule has 1 aromatic rings. The summed E-state index contributed by atoms with van der Waals surface area (Å²) in [6, 6.07) is 2.99. The normalized spacial score (nSPS) is 21.2. The first-order valence-electron chi connectivity index (χ1n) is 5.08. The molecule has 3 rings (SSSR count). The second kappa shape index (κ2) is 2.85. The van der Waals surface area contributed by atoms with Gasteiger partial charge in [0.1, 0.15) is 19.0 Å². The molecule has 1 aliphatic carbocycles. The van der Waals surface area contributed by atoms with E-state index in [2.05, 4.69) is 0 Å². The minimum absolute atomic E-state index is 0.292. The number of halogens is 1. The maximum absolute atomic E-state index is 13.7. The molecule has 0 amide bonds. The zero-order valence-corrected chi connectivity index (χ0v) is 8.25. The van der Waals surface area contributed by atoms with Crippen molar-refractivity contribution in [1.29, 1.82) is 0 Å². The van der Waals surface area contributed by atoms with E-state index in [4.69, 9.17) is 15.2 Å². The highest BCUT2D eigenvalue weighted by molar-refractivity contribution is 5.53. The summed E-state index contributed by atoms with van der Waals surface area (Å²) in [7, 11) is 0. The van der Waals surface area contributed by atoms with Gasteiger partial charge < -0.3 is 15.2 Å². The molecule has 0 atom stereocenters. The van der Waals surface area contributed by atoms with Crippen molar-refractivity contribution < 1.29 is 13.9 Å². The van der Waals surface area contributed by atoms with Crippen LogP contribution in [0.1, 0.15) is 18.4 Å². The Morgan fingerprint density at radius 1 is 1.20 bits per heavy atom. The van der Waals surface area contributed by atoms with Crippen LogP contribution in [0.25, 0.3) is 0 Å². The number of benzene rings is 1. The lowest BCUT2D eigenvalue weighted by Gasteiger charge is -2.23. The van der Waals surface area contributed by atoms with E-state index in [0.29, 0.717) is 30.3 Å². The Bertz CT molecular complexity index is 415. The number of hydrogen-bond donors (Lipinski definition) is 1. The van der Waals surface area contributed by atoms with Crippen LogP contribution in [0, 0.1) is 5.82 Å². The Kier molecular flexibility index (Phi) is 1.71. The lowest BCUT2D eigenvalue weighted by molar-refractivity contribution is 0.167. The monoisotopic (exact) mass is 209 g/mol. The molecule has 4 heteroatoms. The number of nitrogens with two attached hydrogens (primary N) is 1. The molecule has 1 aromatic carbocycles. The summed E-state index contributed by atoms with van der Waals surface area (Å²) in [6.45, 7) is 0.967.